The molecule has 108 valence electrons. The molecule has 0 aliphatic carbocycles. The monoisotopic (exact) mass is 316 g/mol. The molecule has 0 amide bonds. The van der Waals surface area contributed by atoms with E-state index < -0.39 is 5.82 Å². The van der Waals surface area contributed by atoms with Gasteiger partial charge in [0.15, 0.2) is 5.76 Å². The van der Waals surface area contributed by atoms with Crippen molar-refractivity contribution in [1.82, 2.24) is 10.5 Å². The first-order chi connectivity index (χ1) is 9.28. The summed E-state index contributed by atoms with van der Waals surface area (Å²) in [7, 11) is 0. The van der Waals surface area contributed by atoms with Gasteiger partial charge in [0, 0.05) is 23.2 Å². The van der Waals surface area contributed by atoms with Crippen molar-refractivity contribution in [2.24, 2.45) is 0 Å². The average molecular weight is 317 g/mol. The second kappa shape index (κ2) is 5.72. The zero-order valence-electron chi connectivity index (χ0n) is 11.4. The van der Waals surface area contributed by atoms with Crippen LogP contribution < -0.4 is 5.32 Å². The first-order valence-electron chi connectivity index (χ1n) is 6.11. The van der Waals surface area contributed by atoms with Crippen molar-refractivity contribution in [3.05, 3.63) is 39.8 Å². The number of benzene rings is 1. The zero-order valence-corrected chi connectivity index (χ0v) is 12.9. The molecule has 1 N–H and O–H groups in total. The topological polar surface area (TPSA) is 38.1 Å². The number of hydrogen-bond acceptors (Lipinski definition) is 3. The van der Waals surface area contributed by atoms with E-state index in [4.69, 9.17) is 27.7 Å². The van der Waals surface area contributed by atoms with E-state index in [1.807, 2.05) is 0 Å². The second-order valence-corrected chi connectivity index (χ2v) is 6.34. The minimum atomic E-state index is -0.544. The van der Waals surface area contributed by atoms with Crippen molar-refractivity contribution in [2.45, 2.75) is 32.9 Å². The van der Waals surface area contributed by atoms with Crippen molar-refractivity contribution < 1.29 is 8.91 Å². The van der Waals surface area contributed by atoms with Crippen LogP contribution in [0, 0.1) is 5.82 Å². The fourth-order valence-electron chi connectivity index (χ4n) is 1.66. The molecule has 1 aromatic carbocycles. The van der Waals surface area contributed by atoms with Crippen LogP contribution >= 0.6 is 23.2 Å². The Hall–Kier alpha value is -1.10. The molecule has 0 saturated carbocycles. The number of hydrogen-bond donors (Lipinski definition) is 1. The van der Waals surface area contributed by atoms with Crippen LogP contribution in [-0.4, -0.2) is 10.7 Å². The molecular weight excluding hydrogens is 302 g/mol. The number of halogens is 3. The Kier molecular flexibility index (Phi) is 4.37. The van der Waals surface area contributed by atoms with Gasteiger partial charge in [-0.1, -0.05) is 28.4 Å². The standard InChI is InChI=1S/C14H15Cl2FN2O/c1-14(2,3)18-6-8-7-19-20-13(8)9-4-12(17)11(16)5-10(9)15/h4-5,7,18H,6H2,1-3H3. The lowest BCUT2D eigenvalue weighted by Gasteiger charge is -2.20. The maximum Gasteiger partial charge on any atom is 0.172 e. The van der Waals surface area contributed by atoms with Crippen LogP contribution in [-0.2, 0) is 6.54 Å². The summed E-state index contributed by atoms with van der Waals surface area (Å²) >= 11 is 11.8. The van der Waals surface area contributed by atoms with Crippen molar-refractivity contribution in [2.75, 3.05) is 0 Å². The molecule has 2 aromatic rings. The fourth-order valence-corrected chi connectivity index (χ4v) is 2.13. The molecule has 0 spiro atoms. The molecule has 1 aromatic heterocycles. The smallest absolute Gasteiger partial charge is 0.172 e. The lowest BCUT2D eigenvalue weighted by atomic mass is 10.1. The molecule has 0 atom stereocenters. The summed E-state index contributed by atoms with van der Waals surface area (Å²) in [5, 5.41) is 7.38. The van der Waals surface area contributed by atoms with Gasteiger partial charge < -0.3 is 9.84 Å². The van der Waals surface area contributed by atoms with E-state index in [-0.39, 0.29) is 10.6 Å². The van der Waals surface area contributed by atoms with E-state index in [0.29, 0.717) is 22.9 Å². The molecule has 0 aliphatic heterocycles. The molecule has 0 aliphatic rings. The van der Waals surface area contributed by atoms with Gasteiger partial charge in [-0.25, -0.2) is 4.39 Å². The van der Waals surface area contributed by atoms with Gasteiger partial charge in [0.05, 0.1) is 16.2 Å². The maximum absolute atomic E-state index is 13.6. The van der Waals surface area contributed by atoms with E-state index in [9.17, 15) is 4.39 Å². The van der Waals surface area contributed by atoms with Crippen LogP contribution in [0.3, 0.4) is 0 Å². The van der Waals surface area contributed by atoms with Crippen LogP contribution in [0.4, 0.5) is 4.39 Å². The lowest BCUT2D eigenvalue weighted by molar-refractivity contribution is 0.418. The van der Waals surface area contributed by atoms with Gasteiger partial charge in [-0.3, -0.25) is 0 Å². The van der Waals surface area contributed by atoms with Crippen LogP contribution in [0.2, 0.25) is 10.0 Å². The minimum Gasteiger partial charge on any atom is -0.356 e. The molecular formula is C14H15Cl2FN2O. The minimum absolute atomic E-state index is 0.0207. The summed E-state index contributed by atoms with van der Waals surface area (Å²) in [5.74, 6) is -0.0977. The number of nitrogens with zero attached hydrogens (tertiary/aromatic N) is 1. The number of nitrogens with one attached hydrogen (secondary N) is 1. The third-order valence-corrected chi connectivity index (χ3v) is 3.31. The first kappa shape index (κ1) is 15.3. The predicted molar refractivity (Wildman–Crippen MR) is 78.5 cm³/mol. The van der Waals surface area contributed by atoms with Crippen LogP contribution in [0.1, 0.15) is 26.3 Å². The van der Waals surface area contributed by atoms with Gasteiger partial charge in [-0.2, -0.15) is 0 Å². The number of rotatable bonds is 3. The van der Waals surface area contributed by atoms with Gasteiger partial charge in [-0.05, 0) is 32.9 Å². The Morgan fingerprint density at radius 2 is 1.95 bits per heavy atom. The normalized spacial score (nSPS) is 11.9. The van der Waals surface area contributed by atoms with E-state index in [2.05, 4.69) is 31.2 Å². The highest BCUT2D eigenvalue weighted by atomic mass is 35.5. The molecule has 0 radical (unpaired) electrons. The highest BCUT2D eigenvalue weighted by Gasteiger charge is 2.18. The lowest BCUT2D eigenvalue weighted by Crippen LogP contribution is -2.35. The predicted octanol–water partition coefficient (Wildman–Crippen LogP) is 4.68. The molecule has 0 fully saturated rings. The summed E-state index contributed by atoms with van der Waals surface area (Å²) in [5.41, 5.74) is 1.20. The average Bonchev–Trinajstić information content (AvgIpc) is 2.78. The molecule has 1 heterocycles. The van der Waals surface area contributed by atoms with Crippen LogP contribution in [0.5, 0.6) is 0 Å². The fraction of sp³-hybridized carbons (Fsp3) is 0.357. The molecule has 0 bridgehead atoms. The SMILES string of the molecule is CC(C)(C)NCc1cnoc1-c1cc(F)c(Cl)cc1Cl. The number of aromatic nitrogens is 1. The summed E-state index contributed by atoms with van der Waals surface area (Å²) in [6, 6.07) is 2.61. The summed E-state index contributed by atoms with van der Waals surface area (Å²) < 4.78 is 18.8. The summed E-state index contributed by atoms with van der Waals surface area (Å²) in [4.78, 5) is 0. The van der Waals surface area contributed by atoms with Gasteiger partial charge in [-0.15, -0.1) is 0 Å². The van der Waals surface area contributed by atoms with Gasteiger partial charge >= 0.3 is 0 Å². The van der Waals surface area contributed by atoms with Crippen molar-refractivity contribution in [1.29, 1.82) is 0 Å². The Balaban J connectivity index is 2.35. The quantitative estimate of drug-likeness (QED) is 0.836. The molecule has 20 heavy (non-hydrogen) atoms. The van der Waals surface area contributed by atoms with Crippen LogP contribution in [0.25, 0.3) is 11.3 Å². The zero-order chi connectivity index (χ0) is 14.9. The van der Waals surface area contributed by atoms with Crippen molar-refractivity contribution >= 4 is 23.2 Å². The van der Waals surface area contributed by atoms with Gasteiger partial charge in [0.1, 0.15) is 5.82 Å². The molecule has 2 rings (SSSR count). The maximum atomic E-state index is 13.6. The van der Waals surface area contributed by atoms with Crippen molar-refractivity contribution in [3.8, 4) is 11.3 Å². The Morgan fingerprint density at radius 1 is 1.25 bits per heavy atom. The molecule has 6 heteroatoms. The van der Waals surface area contributed by atoms with Crippen LogP contribution in [0.15, 0.2) is 22.9 Å². The third kappa shape index (κ3) is 3.51. The molecule has 0 saturated heterocycles. The van der Waals surface area contributed by atoms with Gasteiger partial charge in [0.2, 0.25) is 0 Å². The van der Waals surface area contributed by atoms with E-state index in [1.165, 1.54) is 12.1 Å². The first-order valence-corrected chi connectivity index (χ1v) is 6.87. The van der Waals surface area contributed by atoms with E-state index >= 15 is 0 Å². The highest BCUT2D eigenvalue weighted by molar-refractivity contribution is 6.36. The van der Waals surface area contributed by atoms with Gasteiger partial charge in [0.25, 0.3) is 0 Å². The van der Waals surface area contributed by atoms with Crippen molar-refractivity contribution in [3.63, 3.8) is 0 Å². The summed E-state index contributed by atoms with van der Waals surface area (Å²) in [6.45, 7) is 6.70. The summed E-state index contributed by atoms with van der Waals surface area (Å²) in [6.07, 6.45) is 1.59. The Bertz CT molecular complexity index is 620. The Morgan fingerprint density at radius 3 is 2.60 bits per heavy atom. The largest absolute Gasteiger partial charge is 0.356 e. The van der Waals surface area contributed by atoms with E-state index in [1.54, 1.807) is 6.20 Å². The highest BCUT2D eigenvalue weighted by Crippen LogP contribution is 2.34. The Labute approximate surface area is 127 Å². The molecule has 3 nitrogen and oxygen atoms in total. The molecule has 0 unspecified atom stereocenters. The van der Waals surface area contributed by atoms with E-state index in [0.717, 1.165) is 5.56 Å². The second-order valence-electron chi connectivity index (χ2n) is 5.53. The third-order valence-electron chi connectivity index (χ3n) is 2.71.